The molecule has 1 unspecified atom stereocenters. The predicted octanol–water partition coefficient (Wildman–Crippen LogP) is 2.68. The maximum Gasteiger partial charge on any atom is 0.130 e. The Hall–Kier alpha value is -1.61. The molecule has 3 nitrogen and oxygen atoms in total. The van der Waals surface area contributed by atoms with E-state index in [0.29, 0.717) is 0 Å². The summed E-state index contributed by atoms with van der Waals surface area (Å²) in [6.07, 6.45) is 6.15. The highest BCUT2D eigenvalue weighted by atomic mass is 15.1. The summed E-state index contributed by atoms with van der Waals surface area (Å²) in [5.41, 5.74) is 2.66. The van der Waals surface area contributed by atoms with Gasteiger partial charge >= 0.3 is 0 Å². The van der Waals surface area contributed by atoms with Gasteiger partial charge in [-0.05, 0) is 24.6 Å². The number of benzene rings is 1. The zero-order valence-corrected chi connectivity index (χ0v) is 11.4. The second kappa shape index (κ2) is 5.83. The molecule has 1 N–H and O–H groups in total. The molecule has 0 spiro atoms. The van der Waals surface area contributed by atoms with Gasteiger partial charge in [-0.25, -0.2) is 4.98 Å². The van der Waals surface area contributed by atoms with Crippen molar-refractivity contribution < 1.29 is 0 Å². The van der Waals surface area contributed by atoms with Crippen LogP contribution in [0.3, 0.4) is 0 Å². The molecule has 0 aliphatic carbocycles. The van der Waals surface area contributed by atoms with Crippen LogP contribution in [0.2, 0.25) is 0 Å². The molecule has 1 aromatic carbocycles. The van der Waals surface area contributed by atoms with Crippen LogP contribution in [0, 0.1) is 0 Å². The molecule has 0 radical (unpaired) electrons. The van der Waals surface area contributed by atoms with Crippen LogP contribution in [0.25, 0.3) is 0 Å². The van der Waals surface area contributed by atoms with E-state index in [1.165, 1.54) is 17.5 Å². The van der Waals surface area contributed by atoms with E-state index < -0.39 is 0 Å². The number of aromatic nitrogens is 2. The molecule has 18 heavy (non-hydrogen) atoms. The van der Waals surface area contributed by atoms with Crippen molar-refractivity contribution >= 4 is 0 Å². The lowest BCUT2D eigenvalue weighted by Gasteiger charge is -2.16. The van der Waals surface area contributed by atoms with E-state index in [9.17, 15) is 0 Å². The van der Waals surface area contributed by atoms with E-state index in [1.807, 2.05) is 26.5 Å². The third-order valence-electron chi connectivity index (χ3n) is 3.26. The van der Waals surface area contributed by atoms with Gasteiger partial charge in [0.1, 0.15) is 5.82 Å². The molecule has 0 bridgehead atoms. The van der Waals surface area contributed by atoms with E-state index >= 15 is 0 Å². The first kappa shape index (κ1) is 12.8. The Labute approximate surface area is 109 Å². The summed E-state index contributed by atoms with van der Waals surface area (Å²) in [5, 5.41) is 3.33. The molecule has 0 saturated carbocycles. The summed E-state index contributed by atoms with van der Waals surface area (Å²) in [6.45, 7) is 2.21. The first-order valence-corrected chi connectivity index (χ1v) is 6.49. The Bertz CT molecular complexity index is 485. The van der Waals surface area contributed by atoms with Gasteiger partial charge in [-0.15, -0.1) is 0 Å². The molecule has 0 aliphatic heterocycles. The summed E-state index contributed by atoms with van der Waals surface area (Å²) in [7, 11) is 4.00. The Kier molecular flexibility index (Phi) is 4.15. The number of imidazole rings is 1. The minimum atomic E-state index is 0.153. The fourth-order valence-electron chi connectivity index (χ4n) is 2.27. The molecule has 1 aromatic heterocycles. The largest absolute Gasteiger partial charge is 0.336 e. The quantitative estimate of drug-likeness (QED) is 0.875. The van der Waals surface area contributed by atoms with Crippen LogP contribution in [0.1, 0.15) is 36.3 Å². The average Bonchev–Trinajstić information content (AvgIpc) is 2.79. The number of nitrogens with zero attached hydrogens (tertiary/aromatic N) is 2. The molecule has 1 atom stereocenters. The van der Waals surface area contributed by atoms with Crippen molar-refractivity contribution in [3.63, 3.8) is 0 Å². The van der Waals surface area contributed by atoms with Crippen LogP contribution >= 0.6 is 0 Å². The molecule has 0 saturated heterocycles. The SMILES string of the molecule is CCCc1ccc(C(NC)c2nccn2C)cc1. The Morgan fingerprint density at radius 1 is 1.28 bits per heavy atom. The van der Waals surface area contributed by atoms with E-state index in [1.54, 1.807) is 0 Å². The number of hydrogen-bond acceptors (Lipinski definition) is 2. The molecule has 0 amide bonds. The van der Waals surface area contributed by atoms with Gasteiger partial charge in [0.2, 0.25) is 0 Å². The molecule has 1 heterocycles. The highest BCUT2D eigenvalue weighted by Crippen LogP contribution is 2.20. The standard InChI is InChI=1S/C15H21N3/c1-4-5-12-6-8-13(9-7-12)14(16-2)15-17-10-11-18(15)3/h6-11,14,16H,4-5H2,1-3H3. The van der Waals surface area contributed by atoms with Gasteiger partial charge in [0.05, 0.1) is 6.04 Å². The molecular weight excluding hydrogens is 222 g/mol. The van der Waals surface area contributed by atoms with Crippen LogP contribution in [0.4, 0.5) is 0 Å². The summed E-state index contributed by atoms with van der Waals surface area (Å²) in [6, 6.07) is 8.97. The summed E-state index contributed by atoms with van der Waals surface area (Å²) < 4.78 is 2.06. The van der Waals surface area contributed by atoms with Crippen LogP contribution < -0.4 is 5.32 Å². The molecule has 96 valence electrons. The first-order valence-electron chi connectivity index (χ1n) is 6.49. The van der Waals surface area contributed by atoms with Gasteiger partial charge in [-0.1, -0.05) is 37.6 Å². The van der Waals surface area contributed by atoms with Gasteiger partial charge in [0.25, 0.3) is 0 Å². The predicted molar refractivity (Wildman–Crippen MR) is 74.5 cm³/mol. The lowest BCUT2D eigenvalue weighted by molar-refractivity contribution is 0.617. The molecule has 0 aliphatic rings. The van der Waals surface area contributed by atoms with Crippen molar-refractivity contribution in [1.82, 2.24) is 14.9 Å². The normalized spacial score (nSPS) is 12.6. The molecule has 2 rings (SSSR count). The topological polar surface area (TPSA) is 29.9 Å². The van der Waals surface area contributed by atoms with Crippen molar-refractivity contribution in [1.29, 1.82) is 0 Å². The molecule has 0 fully saturated rings. The van der Waals surface area contributed by atoms with Crippen LogP contribution in [0.5, 0.6) is 0 Å². The summed E-state index contributed by atoms with van der Waals surface area (Å²) in [4.78, 5) is 4.42. The number of aryl methyl sites for hydroxylation is 2. The second-order valence-corrected chi connectivity index (χ2v) is 4.61. The van der Waals surface area contributed by atoms with Crippen molar-refractivity contribution in [2.75, 3.05) is 7.05 Å². The van der Waals surface area contributed by atoms with Crippen molar-refractivity contribution in [3.8, 4) is 0 Å². The van der Waals surface area contributed by atoms with E-state index in [0.717, 1.165) is 12.2 Å². The minimum absolute atomic E-state index is 0.153. The third-order valence-corrected chi connectivity index (χ3v) is 3.26. The molecular formula is C15H21N3. The highest BCUT2D eigenvalue weighted by Gasteiger charge is 2.15. The smallest absolute Gasteiger partial charge is 0.130 e. The van der Waals surface area contributed by atoms with Gasteiger partial charge < -0.3 is 9.88 Å². The van der Waals surface area contributed by atoms with Gasteiger partial charge in [0, 0.05) is 19.4 Å². The highest BCUT2D eigenvalue weighted by molar-refractivity contribution is 5.29. The Morgan fingerprint density at radius 2 is 2.00 bits per heavy atom. The fourth-order valence-corrected chi connectivity index (χ4v) is 2.27. The fraction of sp³-hybridized carbons (Fsp3) is 0.400. The third kappa shape index (κ3) is 2.62. The van der Waals surface area contributed by atoms with E-state index in [4.69, 9.17) is 0 Å². The van der Waals surface area contributed by atoms with Crippen molar-refractivity contribution in [2.24, 2.45) is 7.05 Å². The zero-order valence-electron chi connectivity index (χ0n) is 11.4. The number of nitrogens with one attached hydrogen (secondary N) is 1. The van der Waals surface area contributed by atoms with E-state index in [-0.39, 0.29) is 6.04 Å². The summed E-state index contributed by atoms with van der Waals surface area (Å²) in [5.74, 6) is 1.04. The number of rotatable bonds is 5. The van der Waals surface area contributed by atoms with Crippen LogP contribution in [-0.4, -0.2) is 16.6 Å². The molecule has 2 aromatic rings. The van der Waals surface area contributed by atoms with Gasteiger partial charge in [-0.2, -0.15) is 0 Å². The lowest BCUT2D eigenvalue weighted by atomic mass is 10.0. The maximum absolute atomic E-state index is 4.42. The zero-order chi connectivity index (χ0) is 13.0. The first-order chi connectivity index (χ1) is 8.76. The van der Waals surface area contributed by atoms with Crippen molar-refractivity contribution in [3.05, 3.63) is 53.6 Å². The van der Waals surface area contributed by atoms with Gasteiger partial charge in [-0.3, -0.25) is 0 Å². The minimum Gasteiger partial charge on any atom is -0.336 e. The van der Waals surface area contributed by atoms with E-state index in [2.05, 4.69) is 46.1 Å². The average molecular weight is 243 g/mol. The lowest BCUT2D eigenvalue weighted by Crippen LogP contribution is -2.21. The van der Waals surface area contributed by atoms with Crippen molar-refractivity contribution in [2.45, 2.75) is 25.8 Å². The maximum atomic E-state index is 4.42. The Balaban J connectivity index is 2.25. The summed E-state index contributed by atoms with van der Waals surface area (Å²) >= 11 is 0. The monoisotopic (exact) mass is 243 g/mol. The Morgan fingerprint density at radius 3 is 2.50 bits per heavy atom. The number of hydrogen-bond donors (Lipinski definition) is 1. The molecule has 3 heteroatoms. The second-order valence-electron chi connectivity index (χ2n) is 4.61. The van der Waals surface area contributed by atoms with Crippen LogP contribution in [-0.2, 0) is 13.5 Å². The van der Waals surface area contributed by atoms with Gasteiger partial charge in [0.15, 0.2) is 0 Å². The van der Waals surface area contributed by atoms with Crippen LogP contribution in [0.15, 0.2) is 36.7 Å².